The van der Waals surface area contributed by atoms with Gasteiger partial charge in [0.1, 0.15) is 6.54 Å². The molecule has 2 aromatic rings. The van der Waals surface area contributed by atoms with Crippen molar-refractivity contribution in [3.63, 3.8) is 0 Å². The summed E-state index contributed by atoms with van der Waals surface area (Å²) in [6, 6.07) is 9.35. The molecule has 3 rings (SSSR count). The topological polar surface area (TPSA) is 80.5 Å². The average Bonchev–Trinajstić information content (AvgIpc) is 3.25. The normalized spacial score (nSPS) is 17.2. The third-order valence-electron chi connectivity index (χ3n) is 3.71. The first-order valence-corrected chi connectivity index (χ1v) is 7.71. The van der Waals surface area contributed by atoms with Crippen LogP contribution < -0.4 is 5.32 Å². The molecule has 2 heterocycles. The molecule has 1 aliphatic heterocycles. The van der Waals surface area contributed by atoms with E-state index in [2.05, 4.69) is 15.5 Å². The molecule has 0 aliphatic carbocycles. The van der Waals surface area contributed by atoms with Crippen molar-refractivity contribution < 1.29 is 13.9 Å². The fourth-order valence-corrected chi connectivity index (χ4v) is 2.43. The molecule has 1 aromatic heterocycles. The van der Waals surface area contributed by atoms with Crippen LogP contribution in [0.25, 0.3) is 11.5 Å². The van der Waals surface area contributed by atoms with Crippen molar-refractivity contribution in [2.75, 3.05) is 20.2 Å². The van der Waals surface area contributed by atoms with Crippen LogP contribution in [0.4, 0.5) is 4.79 Å². The predicted molar refractivity (Wildman–Crippen MR) is 83.6 cm³/mol. The Morgan fingerprint density at radius 3 is 2.91 bits per heavy atom. The first-order chi connectivity index (χ1) is 11.2. The Labute approximate surface area is 134 Å². The van der Waals surface area contributed by atoms with E-state index in [1.165, 1.54) is 4.90 Å². The van der Waals surface area contributed by atoms with Gasteiger partial charge in [-0.2, -0.15) is 0 Å². The zero-order valence-electron chi connectivity index (χ0n) is 13.1. The maximum Gasteiger partial charge on any atom is 0.317 e. The van der Waals surface area contributed by atoms with Gasteiger partial charge in [0.2, 0.25) is 11.8 Å². The second-order valence-electron chi connectivity index (χ2n) is 5.54. The standard InChI is InChI=1S/C16H20N4O3/c1-20(16(21)17-10-13-8-5-9-22-13)11-14-18-19-15(23-14)12-6-3-2-4-7-12/h2-4,6-7,13H,5,8-11H2,1H3,(H,17,21)/t13-/m0/s1. The SMILES string of the molecule is CN(Cc1nnc(-c2ccccc2)o1)C(=O)NC[C@@H]1CCCO1. The Balaban J connectivity index is 1.52. The van der Waals surface area contributed by atoms with Gasteiger partial charge < -0.3 is 19.4 Å². The molecule has 122 valence electrons. The van der Waals surface area contributed by atoms with Crippen LogP contribution in [0, 0.1) is 0 Å². The summed E-state index contributed by atoms with van der Waals surface area (Å²) in [5.41, 5.74) is 0.858. The number of carbonyl (C=O) groups excluding carboxylic acids is 1. The Kier molecular flexibility index (Phi) is 4.87. The molecular formula is C16H20N4O3. The van der Waals surface area contributed by atoms with E-state index in [0.29, 0.717) is 18.3 Å². The lowest BCUT2D eigenvalue weighted by Crippen LogP contribution is -2.40. The molecule has 1 aromatic carbocycles. The molecule has 1 aliphatic rings. The van der Waals surface area contributed by atoms with Gasteiger partial charge in [0.05, 0.1) is 6.10 Å². The minimum Gasteiger partial charge on any atom is -0.419 e. The number of amides is 2. The highest BCUT2D eigenvalue weighted by atomic mass is 16.5. The molecule has 2 amide bonds. The number of hydrogen-bond acceptors (Lipinski definition) is 5. The van der Waals surface area contributed by atoms with E-state index >= 15 is 0 Å². The van der Waals surface area contributed by atoms with Crippen molar-refractivity contribution in [2.24, 2.45) is 0 Å². The molecule has 0 spiro atoms. The summed E-state index contributed by atoms with van der Waals surface area (Å²) in [7, 11) is 1.69. The molecule has 1 fully saturated rings. The van der Waals surface area contributed by atoms with Crippen molar-refractivity contribution in [1.29, 1.82) is 0 Å². The van der Waals surface area contributed by atoms with Gasteiger partial charge in [0, 0.05) is 25.8 Å². The van der Waals surface area contributed by atoms with Gasteiger partial charge in [0.25, 0.3) is 0 Å². The van der Waals surface area contributed by atoms with Crippen molar-refractivity contribution in [3.05, 3.63) is 36.2 Å². The molecule has 1 N–H and O–H groups in total. The van der Waals surface area contributed by atoms with Crippen LogP contribution in [0.3, 0.4) is 0 Å². The number of aromatic nitrogens is 2. The van der Waals surface area contributed by atoms with Crippen molar-refractivity contribution in [2.45, 2.75) is 25.5 Å². The third-order valence-corrected chi connectivity index (χ3v) is 3.71. The first kappa shape index (κ1) is 15.5. The summed E-state index contributed by atoms with van der Waals surface area (Å²) >= 11 is 0. The van der Waals surface area contributed by atoms with Crippen LogP contribution in [-0.4, -0.2) is 47.4 Å². The van der Waals surface area contributed by atoms with Gasteiger partial charge in [0.15, 0.2) is 0 Å². The maximum absolute atomic E-state index is 12.1. The highest BCUT2D eigenvalue weighted by Crippen LogP contribution is 2.17. The van der Waals surface area contributed by atoms with Crippen LogP contribution in [0.2, 0.25) is 0 Å². The van der Waals surface area contributed by atoms with Crippen LogP contribution in [0.5, 0.6) is 0 Å². The molecule has 0 saturated carbocycles. The van der Waals surface area contributed by atoms with Gasteiger partial charge in [-0.1, -0.05) is 18.2 Å². The second kappa shape index (κ2) is 7.23. The highest BCUT2D eigenvalue weighted by molar-refractivity contribution is 5.73. The largest absolute Gasteiger partial charge is 0.419 e. The zero-order valence-corrected chi connectivity index (χ0v) is 13.1. The summed E-state index contributed by atoms with van der Waals surface area (Å²) in [6.45, 7) is 1.57. The monoisotopic (exact) mass is 316 g/mol. The van der Waals surface area contributed by atoms with E-state index in [1.54, 1.807) is 7.05 Å². The minimum absolute atomic E-state index is 0.125. The van der Waals surface area contributed by atoms with Crippen LogP contribution in [-0.2, 0) is 11.3 Å². The summed E-state index contributed by atoms with van der Waals surface area (Å²) in [5, 5.41) is 10.9. The highest BCUT2D eigenvalue weighted by Gasteiger charge is 2.18. The van der Waals surface area contributed by atoms with Gasteiger partial charge >= 0.3 is 6.03 Å². The zero-order chi connectivity index (χ0) is 16.1. The number of rotatable bonds is 5. The van der Waals surface area contributed by atoms with E-state index in [4.69, 9.17) is 9.15 Å². The van der Waals surface area contributed by atoms with Crippen molar-refractivity contribution in [3.8, 4) is 11.5 Å². The van der Waals surface area contributed by atoms with Crippen LogP contribution in [0.15, 0.2) is 34.7 Å². The first-order valence-electron chi connectivity index (χ1n) is 7.71. The quantitative estimate of drug-likeness (QED) is 0.913. The molecule has 7 heteroatoms. The lowest BCUT2D eigenvalue weighted by molar-refractivity contribution is 0.109. The van der Waals surface area contributed by atoms with Gasteiger partial charge in [-0.15, -0.1) is 10.2 Å². The smallest absolute Gasteiger partial charge is 0.317 e. The minimum atomic E-state index is -0.181. The number of carbonyl (C=O) groups is 1. The molecule has 7 nitrogen and oxygen atoms in total. The van der Waals surface area contributed by atoms with E-state index in [0.717, 1.165) is 25.0 Å². The summed E-state index contributed by atoms with van der Waals surface area (Å²) in [4.78, 5) is 13.6. The van der Waals surface area contributed by atoms with Crippen molar-refractivity contribution >= 4 is 6.03 Å². The van der Waals surface area contributed by atoms with E-state index in [9.17, 15) is 4.79 Å². The molecular weight excluding hydrogens is 296 g/mol. The number of urea groups is 1. The predicted octanol–water partition coefficient (Wildman–Crippen LogP) is 2.06. The van der Waals surface area contributed by atoms with Gasteiger partial charge in [-0.3, -0.25) is 0 Å². The summed E-state index contributed by atoms with van der Waals surface area (Å²) < 4.78 is 11.1. The fraction of sp³-hybridized carbons (Fsp3) is 0.438. The van der Waals surface area contributed by atoms with E-state index < -0.39 is 0 Å². The third kappa shape index (κ3) is 4.07. The number of ether oxygens (including phenoxy) is 1. The number of benzene rings is 1. The second-order valence-corrected chi connectivity index (χ2v) is 5.54. The molecule has 23 heavy (non-hydrogen) atoms. The van der Waals surface area contributed by atoms with Crippen LogP contribution in [0.1, 0.15) is 18.7 Å². The fourth-order valence-electron chi connectivity index (χ4n) is 2.43. The number of nitrogens with one attached hydrogen (secondary N) is 1. The van der Waals surface area contributed by atoms with Gasteiger partial charge in [-0.25, -0.2) is 4.79 Å². The van der Waals surface area contributed by atoms with E-state index in [1.807, 2.05) is 30.3 Å². The molecule has 0 unspecified atom stereocenters. The Morgan fingerprint density at radius 1 is 1.35 bits per heavy atom. The maximum atomic E-state index is 12.1. The summed E-state index contributed by atoms with van der Waals surface area (Å²) in [6.07, 6.45) is 2.18. The molecule has 1 saturated heterocycles. The molecule has 0 bridgehead atoms. The Morgan fingerprint density at radius 2 is 2.17 bits per heavy atom. The van der Waals surface area contributed by atoms with Crippen LogP contribution >= 0.6 is 0 Å². The number of hydrogen-bond donors (Lipinski definition) is 1. The lowest BCUT2D eigenvalue weighted by atomic mass is 10.2. The Bertz CT molecular complexity index is 638. The Hall–Kier alpha value is -2.41. The summed E-state index contributed by atoms with van der Waals surface area (Å²) in [5.74, 6) is 0.854. The van der Waals surface area contributed by atoms with Gasteiger partial charge in [-0.05, 0) is 25.0 Å². The lowest BCUT2D eigenvalue weighted by Gasteiger charge is -2.17. The van der Waals surface area contributed by atoms with E-state index in [-0.39, 0.29) is 18.7 Å². The van der Waals surface area contributed by atoms with Crippen molar-refractivity contribution in [1.82, 2.24) is 20.4 Å². The molecule has 0 radical (unpaired) electrons. The molecule has 1 atom stereocenters. The number of nitrogens with zero attached hydrogens (tertiary/aromatic N) is 3. The average molecular weight is 316 g/mol.